The SMILES string of the molecule is COc1cc(N)ccc1C(=O)NCC1CCC1. The zero-order valence-corrected chi connectivity index (χ0v) is 10.0. The molecule has 1 aromatic rings. The number of nitrogens with two attached hydrogens (primary N) is 1. The molecular weight excluding hydrogens is 216 g/mol. The number of rotatable bonds is 4. The summed E-state index contributed by atoms with van der Waals surface area (Å²) in [7, 11) is 1.54. The Kier molecular flexibility index (Phi) is 3.52. The van der Waals surface area contributed by atoms with Crippen molar-refractivity contribution >= 4 is 11.6 Å². The van der Waals surface area contributed by atoms with Crippen molar-refractivity contribution in [1.29, 1.82) is 0 Å². The third kappa shape index (κ3) is 2.70. The van der Waals surface area contributed by atoms with Crippen LogP contribution in [0, 0.1) is 5.92 Å². The van der Waals surface area contributed by atoms with Gasteiger partial charge in [0.2, 0.25) is 0 Å². The fourth-order valence-electron chi connectivity index (χ4n) is 1.92. The van der Waals surface area contributed by atoms with E-state index in [0.29, 0.717) is 22.9 Å². The summed E-state index contributed by atoms with van der Waals surface area (Å²) < 4.78 is 5.15. The van der Waals surface area contributed by atoms with Gasteiger partial charge in [-0.25, -0.2) is 0 Å². The van der Waals surface area contributed by atoms with E-state index in [0.717, 1.165) is 6.54 Å². The topological polar surface area (TPSA) is 64.3 Å². The van der Waals surface area contributed by atoms with Gasteiger partial charge in [-0.2, -0.15) is 0 Å². The molecule has 4 heteroatoms. The lowest BCUT2D eigenvalue weighted by Gasteiger charge is -2.25. The molecule has 2 rings (SSSR count). The summed E-state index contributed by atoms with van der Waals surface area (Å²) in [5.41, 5.74) is 6.78. The van der Waals surface area contributed by atoms with Crippen LogP contribution in [0.5, 0.6) is 5.75 Å². The normalized spacial score (nSPS) is 15.1. The molecule has 0 aromatic heterocycles. The molecule has 1 amide bonds. The van der Waals surface area contributed by atoms with E-state index >= 15 is 0 Å². The van der Waals surface area contributed by atoms with Gasteiger partial charge >= 0.3 is 0 Å². The summed E-state index contributed by atoms with van der Waals surface area (Å²) in [6, 6.07) is 5.07. The summed E-state index contributed by atoms with van der Waals surface area (Å²) in [6.07, 6.45) is 3.73. The summed E-state index contributed by atoms with van der Waals surface area (Å²) in [4.78, 5) is 11.9. The molecule has 0 aliphatic heterocycles. The molecule has 0 radical (unpaired) electrons. The highest BCUT2D eigenvalue weighted by atomic mass is 16.5. The first kappa shape index (κ1) is 11.8. The van der Waals surface area contributed by atoms with Crippen LogP contribution in [0.4, 0.5) is 5.69 Å². The Balaban J connectivity index is 2.01. The standard InChI is InChI=1S/C13H18N2O2/c1-17-12-7-10(14)5-6-11(12)13(16)15-8-9-3-2-4-9/h5-7,9H,2-4,8,14H2,1H3,(H,15,16). The number of hydrogen-bond donors (Lipinski definition) is 2. The molecule has 0 atom stereocenters. The van der Waals surface area contributed by atoms with Crippen LogP contribution in [0.25, 0.3) is 0 Å². The average molecular weight is 234 g/mol. The Morgan fingerprint density at radius 1 is 1.53 bits per heavy atom. The fourth-order valence-corrected chi connectivity index (χ4v) is 1.92. The van der Waals surface area contributed by atoms with E-state index in [4.69, 9.17) is 10.5 Å². The Morgan fingerprint density at radius 2 is 2.29 bits per heavy atom. The number of hydrogen-bond acceptors (Lipinski definition) is 3. The Labute approximate surface area is 101 Å². The first-order valence-electron chi connectivity index (χ1n) is 5.92. The molecule has 0 heterocycles. The van der Waals surface area contributed by atoms with Gasteiger partial charge in [-0.05, 0) is 30.9 Å². The van der Waals surface area contributed by atoms with Crippen LogP contribution in [-0.2, 0) is 0 Å². The van der Waals surface area contributed by atoms with Crippen LogP contribution in [0.3, 0.4) is 0 Å². The average Bonchev–Trinajstić information content (AvgIpc) is 2.26. The number of amides is 1. The monoisotopic (exact) mass is 234 g/mol. The molecule has 0 spiro atoms. The van der Waals surface area contributed by atoms with E-state index in [2.05, 4.69) is 5.32 Å². The minimum absolute atomic E-state index is 0.0891. The van der Waals surface area contributed by atoms with E-state index in [1.807, 2.05) is 0 Å². The van der Waals surface area contributed by atoms with Crippen LogP contribution in [0.2, 0.25) is 0 Å². The van der Waals surface area contributed by atoms with Crippen LogP contribution >= 0.6 is 0 Å². The number of benzene rings is 1. The van der Waals surface area contributed by atoms with Crippen LogP contribution < -0.4 is 15.8 Å². The summed E-state index contributed by atoms with van der Waals surface area (Å²) in [5, 5.41) is 2.94. The quantitative estimate of drug-likeness (QED) is 0.781. The first-order valence-corrected chi connectivity index (χ1v) is 5.92. The van der Waals surface area contributed by atoms with Gasteiger partial charge in [0, 0.05) is 18.3 Å². The van der Waals surface area contributed by atoms with Crippen molar-refractivity contribution in [2.24, 2.45) is 5.92 Å². The van der Waals surface area contributed by atoms with Crippen molar-refractivity contribution in [2.45, 2.75) is 19.3 Å². The van der Waals surface area contributed by atoms with Crippen molar-refractivity contribution < 1.29 is 9.53 Å². The number of carbonyl (C=O) groups excluding carboxylic acids is 1. The molecular formula is C13H18N2O2. The molecule has 1 aliphatic carbocycles. The van der Waals surface area contributed by atoms with Crippen molar-refractivity contribution in [3.05, 3.63) is 23.8 Å². The van der Waals surface area contributed by atoms with Gasteiger partial charge in [-0.1, -0.05) is 6.42 Å². The Hall–Kier alpha value is -1.71. The zero-order valence-electron chi connectivity index (χ0n) is 10.0. The number of methoxy groups -OCH3 is 1. The van der Waals surface area contributed by atoms with Gasteiger partial charge < -0.3 is 15.8 Å². The number of anilines is 1. The molecule has 17 heavy (non-hydrogen) atoms. The third-order valence-electron chi connectivity index (χ3n) is 3.25. The van der Waals surface area contributed by atoms with Gasteiger partial charge in [-0.3, -0.25) is 4.79 Å². The maximum absolute atomic E-state index is 11.9. The zero-order chi connectivity index (χ0) is 12.3. The number of ether oxygens (including phenoxy) is 1. The molecule has 1 fully saturated rings. The lowest BCUT2D eigenvalue weighted by molar-refractivity contribution is 0.0936. The minimum Gasteiger partial charge on any atom is -0.496 e. The van der Waals surface area contributed by atoms with Gasteiger partial charge in [0.25, 0.3) is 5.91 Å². The first-order chi connectivity index (χ1) is 8.20. The predicted octanol–water partition coefficient (Wildman–Crippen LogP) is 1.81. The van der Waals surface area contributed by atoms with Crippen molar-refractivity contribution in [1.82, 2.24) is 5.32 Å². The molecule has 0 bridgehead atoms. The van der Waals surface area contributed by atoms with Gasteiger partial charge in [-0.15, -0.1) is 0 Å². The lowest BCUT2D eigenvalue weighted by Crippen LogP contribution is -2.32. The van der Waals surface area contributed by atoms with Gasteiger partial charge in [0.1, 0.15) is 5.75 Å². The molecule has 92 valence electrons. The Morgan fingerprint density at radius 3 is 2.88 bits per heavy atom. The van der Waals surface area contributed by atoms with E-state index < -0.39 is 0 Å². The highest BCUT2D eigenvalue weighted by Gasteiger charge is 2.19. The maximum Gasteiger partial charge on any atom is 0.255 e. The second-order valence-corrected chi connectivity index (χ2v) is 4.47. The molecule has 3 N–H and O–H groups in total. The molecule has 0 unspecified atom stereocenters. The summed E-state index contributed by atoms with van der Waals surface area (Å²) in [5.74, 6) is 1.09. The van der Waals surface area contributed by atoms with Crippen molar-refractivity contribution in [3.63, 3.8) is 0 Å². The van der Waals surface area contributed by atoms with E-state index in [1.54, 1.807) is 18.2 Å². The second-order valence-electron chi connectivity index (χ2n) is 4.47. The molecule has 0 saturated heterocycles. The highest BCUT2D eigenvalue weighted by molar-refractivity contribution is 5.97. The largest absolute Gasteiger partial charge is 0.496 e. The molecule has 1 aliphatic rings. The third-order valence-corrected chi connectivity index (χ3v) is 3.25. The van der Waals surface area contributed by atoms with Crippen LogP contribution in [0.15, 0.2) is 18.2 Å². The smallest absolute Gasteiger partial charge is 0.255 e. The minimum atomic E-state index is -0.0891. The fraction of sp³-hybridized carbons (Fsp3) is 0.462. The van der Waals surface area contributed by atoms with Gasteiger partial charge in [0.05, 0.1) is 12.7 Å². The van der Waals surface area contributed by atoms with E-state index in [-0.39, 0.29) is 5.91 Å². The van der Waals surface area contributed by atoms with Crippen LogP contribution in [-0.4, -0.2) is 19.6 Å². The Bertz CT molecular complexity index is 414. The lowest BCUT2D eigenvalue weighted by atomic mass is 9.85. The van der Waals surface area contributed by atoms with Crippen LogP contribution in [0.1, 0.15) is 29.6 Å². The number of carbonyl (C=O) groups is 1. The van der Waals surface area contributed by atoms with Gasteiger partial charge in [0.15, 0.2) is 0 Å². The van der Waals surface area contributed by atoms with E-state index in [1.165, 1.54) is 26.4 Å². The van der Waals surface area contributed by atoms with Crippen molar-refractivity contribution in [3.8, 4) is 5.75 Å². The number of nitrogen functional groups attached to an aromatic ring is 1. The van der Waals surface area contributed by atoms with E-state index in [9.17, 15) is 4.79 Å². The molecule has 4 nitrogen and oxygen atoms in total. The predicted molar refractivity (Wildman–Crippen MR) is 67.1 cm³/mol. The van der Waals surface area contributed by atoms with Crippen molar-refractivity contribution in [2.75, 3.05) is 19.4 Å². The maximum atomic E-state index is 11.9. The molecule has 1 aromatic carbocycles. The molecule has 1 saturated carbocycles. The summed E-state index contributed by atoms with van der Waals surface area (Å²) >= 11 is 0. The summed E-state index contributed by atoms with van der Waals surface area (Å²) in [6.45, 7) is 0.756. The number of nitrogens with one attached hydrogen (secondary N) is 1. The highest BCUT2D eigenvalue weighted by Crippen LogP contribution is 2.26. The second kappa shape index (κ2) is 5.08.